The van der Waals surface area contributed by atoms with Gasteiger partial charge in [0.25, 0.3) is 17.7 Å². The van der Waals surface area contributed by atoms with Gasteiger partial charge in [-0.1, -0.05) is 49.4 Å². The zero-order valence-electron chi connectivity index (χ0n) is 48.2. The van der Waals surface area contributed by atoms with Crippen molar-refractivity contribution in [2.75, 3.05) is 6.54 Å². The second kappa shape index (κ2) is 26.5. The maximum Gasteiger partial charge on any atom is 0.308 e. The minimum absolute atomic E-state index is 0.00773. The van der Waals surface area contributed by atoms with E-state index in [4.69, 9.17) is 55.6 Å². The number of pyridine rings is 1. The summed E-state index contributed by atoms with van der Waals surface area (Å²) in [4.78, 5) is 158. The fraction of sp³-hybridized carbons (Fsp3) is 0.267. The van der Waals surface area contributed by atoms with E-state index in [9.17, 15) is 38.4 Å². The Morgan fingerprint density at radius 1 is 0.644 bits per heavy atom. The molecule has 90 heavy (non-hydrogen) atoms. The van der Waals surface area contributed by atoms with E-state index in [-0.39, 0.29) is 57.9 Å². The highest BCUT2D eigenvalue weighted by Gasteiger charge is 2.48. The lowest BCUT2D eigenvalue weighted by Gasteiger charge is -2.29. The van der Waals surface area contributed by atoms with Crippen molar-refractivity contribution >= 4 is 121 Å². The molecule has 7 atom stereocenters. The van der Waals surface area contributed by atoms with E-state index in [1.54, 1.807) is 84.4 Å². The van der Waals surface area contributed by atoms with Crippen LogP contribution in [0.2, 0.25) is 0 Å². The smallest absolute Gasteiger partial charge is 0.308 e. The van der Waals surface area contributed by atoms with E-state index in [0.29, 0.717) is 64.4 Å². The number of nitrogens with one attached hydrogen (secondary N) is 2. The number of hydrogen-bond acceptors (Lipinski definition) is 25. The molecule has 0 radical (unpaired) electrons. The quantitative estimate of drug-likeness (QED) is 0.0695. The third kappa shape index (κ3) is 13.7. The number of aryl methyl sites for hydroxylation is 1. The van der Waals surface area contributed by atoms with Crippen LogP contribution in [0.5, 0.6) is 5.75 Å². The Morgan fingerprint density at radius 3 is 1.99 bits per heavy atom. The van der Waals surface area contributed by atoms with E-state index in [1.165, 1.54) is 64.5 Å². The number of amides is 5. The minimum atomic E-state index is -1.32. The van der Waals surface area contributed by atoms with Gasteiger partial charge in [-0.15, -0.1) is 68.0 Å². The Labute approximate surface area is 536 Å². The second-order valence-electron chi connectivity index (χ2n) is 21.0. The number of ketones is 1. The van der Waals surface area contributed by atoms with Crippen molar-refractivity contribution in [1.82, 2.24) is 50.4 Å². The van der Waals surface area contributed by atoms with Crippen LogP contribution in [0.1, 0.15) is 138 Å². The molecule has 460 valence electrons. The van der Waals surface area contributed by atoms with Crippen LogP contribution in [0.25, 0.3) is 43.4 Å². The Hall–Kier alpha value is -9.20. The average Bonchev–Trinajstić information content (AvgIpc) is 1.67. The van der Waals surface area contributed by atoms with E-state index < -0.39 is 102 Å². The number of aromatic nitrogens is 7. The molecule has 24 nitrogen and oxygen atoms in total. The van der Waals surface area contributed by atoms with Crippen LogP contribution >= 0.6 is 68.0 Å². The standard InChI is InChI=1S/C60H52N12O12S6/c1-26-45(83-29(4)74)20-72-49(26)59-70-43(25-89-59)57-66-39(21-87-57)48-34(15-16-36(63-48)56-67-40(22-88-56)51(62)78)54-68-41(23-85-54)52(79)64-37(19-46(61)77)58-71-47(27(2)90-58)44(76)18-35(50(84-30(5)75)32-9-7-6-8-10-32)55-69-42(24-86-55)53(80)65-38(60(72)81)17-31-11-13-33(14-12-31)82-28(3)73/h6-16,21-26,35,37-38,45,49-50H,17-20H2,1-5H3,(H2,61,77)(H2,62,78)(H,64,79)(H,65,80)/t26-,35-,37-,38-,45-,49-,50+/m0/s1. The van der Waals surface area contributed by atoms with Crippen LogP contribution in [-0.4, -0.2) is 112 Å². The third-order valence-corrected chi connectivity index (χ3v) is 20.1. The van der Waals surface area contributed by atoms with Gasteiger partial charge in [-0.25, -0.2) is 34.9 Å². The Balaban J connectivity index is 1.05. The first-order chi connectivity index (χ1) is 43.1. The molecule has 1 saturated heterocycles. The summed E-state index contributed by atoms with van der Waals surface area (Å²) in [5.41, 5.74) is 14.3. The highest BCUT2D eigenvalue weighted by atomic mass is 32.1. The van der Waals surface area contributed by atoms with Crippen molar-refractivity contribution < 1.29 is 57.4 Å². The first-order valence-electron chi connectivity index (χ1n) is 27.6. The predicted octanol–water partition coefficient (Wildman–Crippen LogP) is 8.63. The molecule has 9 heterocycles. The molecule has 0 aliphatic carbocycles. The van der Waals surface area contributed by atoms with Gasteiger partial charge in [0.05, 0.1) is 36.7 Å². The summed E-state index contributed by atoms with van der Waals surface area (Å²) < 4.78 is 17.1. The van der Waals surface area contributed by atoms with Gasteiger partial charge in [0.15, 0.2) is 5.78 Å². The molecule has 10 bridgehead atoms. The number of Topliss-reactive ketones (excluding diaryl/α,β-unsaturated/α-hetero) is 1. The van der Waals surface area contributed by atoms with Gasteiger partial charge in [-0.2, -0.15) is 0 Å². The molecule has 2 aliphatic rings. The number of benzene rings is 2. The highest BCUT2D eigenvalue weighted by Crippen LogP contribution is 2.45. The van der Waals surface area contributed by atoms with Crippen molar-refractivity contribution in [3.05, 3.63) is 147 Å². The van der Waals surface area contributed by atoms with Gasteiger partial charge in [-0.3, -0.25) is 43.2 Å². The summed E-state index contributed by atoms with van der Waals surface area (Å²) in [5.74, 6) is -7.15. The zero-order chi connectivity index (χ0) is 63.7. The molecule has 0 spiro atoms. The SMILES string of the molecule is CC(=O)Oc1ccc(C[C@@H]2NC(=O)c3csc(n3)[C@H]([C@H](OC(C)=O)c3ccccc3)CC(=O)c3nc(sc3C)[C@H](CC(N)=O)NC(=O)c3csc(n3)-c3ccc(-c4nc(C(N)=O)cs4)nc3-c3csc(n3)-c3csc(n3)[C@@H]3[C@@H](C)[C@@H](OC(C)=O)CN3C2=O)cc1. The van der Waals surface area contributed by atoms with Gasteiger partial charge in [-0.05, 0) is 42.3 Å². The Morgan fingerprint density at radius 2 is 1.29 bits per heavy atom. The predicted molar refractivity (Wildman–Crippen MR) is 335 cm³/mol. The summed E-state index contributed by atoms with van der Waals surface area (Å²) in [5, 5.41) is 15.9. The van der Waals surface area contributed by atoms with Crippen molar-refractivity contribution in [1.29, 1.82) is 0 Å². The average molecular weight is 1330 g/mol. The summed E-state index contributed by atoms with van der Waals surface area (Å²) >= 11 is 6.88. The zero-order valence-corrected chi connectivity index (χ0v) is 53.1. The van der Waals surface area contributed by atoms with Gasteiger partial charge < -0.3 is 41.2 Å². The van der Waals surface area contributed by atoms with E-state index in [0.717, 1.165) is 45.3 Å². The number of ether oxygens (including phenoxy) is 3. The number of carbonyl (C=O) groups is 9. The topological polar surface area (TPSA) is 351 Å². The lowest BCUT2D eigenvalue weighted by Crippen LogP contribution is -2.50. The maximum atomic E-state index is 15.6. The number of esters is 3. The lowest BCUT2D eigenvalue weighted by molar-refractivity contribution is -0.148. The Bertz CT molecular complexity index is 4290. The van der Waals surface area contributed by atoms with Crippen LogP contribution in [0, 0.1) is 12.8 Å². The summed E-state index contributed by atoms with van der Waals surface area (Å²) in [6.45, 7) is 7.19. The van der Waals surface area contributed by atoms with E-state index in [2.05, 4.69) is 15.6 Å². The second-order valence-corrected chi connectivity index (χ2v) is 26.5. The van der Waals surface area contributed by atoms with Crippen molar-refractivity contribution in [3.63, 3.8) is 0 Å². The van der Waals surface area contributed by atoms with Crippen molar-refractivity contribution in [3.8, 4) is 49.1 Å². The number of rotatable bonds is 11. The Kier molecular flexibility index (Phi) is 18.4. The van der Waals surface area contributed by atoms with Crippen molar-refractivity contribution in [2.24, 2.45) is 17.4 Å². The van der Waals surface area contributed by atoms with Crippen LogP contribution in [0.3, 0.4) is 0 Å². The molecule has 30 heteroatoms. The number of thiazole rings is 6. The molecule has 6 N–H and O–H groups in total. The summed E-state index contributed by atoms with van der Waals surface area (Å²) in [7, 11) is 0. The molecule has 0 saturated carbocycles. The molecule has 1 fully saturated rings. The number of nitrogens with zero attached hydrogens (tertiary/aromatic N) is 8. The maximum absolute atomic E-state index is 15.6. The van der Waals surface area contributed by atoms with E-state index >= 15 is 4.79 Å². The normalized spacial score (nSPS) is 19.0. The molecular weight excluding hydrogens is 1270 g/mol. The number of nitrogens with two attached hydrogens (primary N) is 2. The fourth-order valence-corrected chi connectivity index (χ4v) is 15.8. The first kappa shape index (κ1) is 62.4. The van der Waals surface area contributed by atoms with Gasteiger partial charge in [0.2, 0.25) is 11.8 Å². The molecule has 0 unspecified atom stereocenters. The van der Waals surface area contributed by atoms with E-state index in [1.807, 2.05) is 6.92 Å². The largest absolute Gasteiger partial charge is 0.460 e. The lowest BCUT2D eigenvalue weighted by atomic mass is 9.90. The highest BCUT2D eigenvalue weighted by molar-refractivity contribution is 7.15. The summed E-state index contributed by atoms with van der Waals surface area (Å²) in [6.07, 6.45) is -2.80. The fourth-order valence-electron chi connectivity index (χ4n) is 10.5. The molecular formula is C60H52N12O12S6. The molecule has 7 aromatic heterocycles. The number of primary amides is 2. The van der Waals surface area contributed by atoms with Gasteiger partial charge >= 0.3 is 17.9 Å². The molecule has 9 aromatic rings. The molecule has 5 amide bonds. The molecule has 2 aromatic carbocycles. The minimum Gasteiger partial charge on any atom is -0.460 e. The van der Waals surface area contributed by atoms with Crippen LogP contribution < -0.4 is 26.8 Å². The third-order valence-electron chi connectivity index (χ3n) is 14.6. The first-order valence-corrected chi connectivity index (χ1v) is 32.8. The van der Waals surface area contributed by atoms with Crippen LogP contribution in [-0.2, 0) is 39.9 Å². The molecule has 2 aliphatic heterocycles. The van der Waals surface area contributed by atoms with Crippen LogP contribution in [0.15, 0.2) is 93.6 Å². The monoisotopic (exact) mass is 1320 g/mol. The number of fused-ring (bicyclic) bond motifs is 16. The molecule has 11 rings (SSSR count). The van der Waals surface area contributed by atoms with Gasteiger partial charge in [0.1, 0.15) is 93.9 Å². The number of carbonyl (C=O) groups excluding carboxylic acids is 9. The van der Waals surface area contributed by atoms with Gasteiger partial charge in [0, 0.05) is 76.9 Å². The van der Waals surface area contributed by atoms with Crippen molar-refractivity contribution in [2.45, 2.75) is 90.1 Å². The number of hydrogen-bond donors (Lipinski definition) is 4. The van der Waals surface area contributed by atoms with Crippen LogP contribution in [0.4, 0.5) is 0 Å². The summed E-state index contributed by atoms with van der Waals surface area (Å²) in [6, 6.07) is 15.3.